The minimum Gasteiger partial charge on any atom is -0.469 e. The second kappa shape index (κ2) is 12.4. The van der Waals surface area contributed by atoms with E-state index >= 15 is 0 Å². The van der Waals surface area contributed by atoms with Gasteiger partial charge in [0.25, 0.3) is 0 Å². The van der Waals surface area contributed by atoms with Crippen LogP contribution in [0.3, 0.4) is 0 Å². The summed E-state index contributed by atoms with van der Waals surface area (Å²) in [5.74, 6) is -0.164. The van der Waals surface area contributed by atoms with Gasteiger partial charge >= 0.3 is 5.97 Å². The smallest absolute Gasteiger partial charge is 0.305 e. The third-order valence-electron chi connectivity index (χ3n) is 5.99. The van der Waals surface area contributed by atoms with Crippen LogP contribution in [0, 0.1) is 0 Å². The highest BCUT2D eigenvalue weighted by molar-refractivity contribution is 5.86. The van der Waals surface area contributed by atoms with Gasteiger partial charge in [-0.05, 0) is 78.5 Å². The molecule has 4 heteroatoms. The molecular weight excluding hydrogens is 396 g/mol. The molecule has 0 atom stereocenters. The summed E-state index contributed by atoms with van der Waals surface area (Å²) in [6, 6.07) is 15.3. The number of fused-ring (bicyclic) bond motifs is 1. The minimum absolute atomic E-state index is 0.164. The molecule has 3 aromatic rings. The molecule has 4 nitrogen and oxygen atoms in total. The molecule has 1 saturated heterocycles. The van der Waals surface area contributed by atoms with Crippen molar-refractivity contribution in [2.24, 2.45) is 0 Å². The number of esters is 1. The number of aryl methyl sites for hydroxylation is 1. The molecular formula is C28H36N2O2. The second-order valence-electron chi connectivity index (χ2n) is 8.26. The van der Waals surface area contributed by atoms with Gasteiger partial charge in [-0.15, -0.1) is 0 Å². The number of ether oxygens (including phenoxy) is 1. The quantitative estimate of drug-likeness (QED) is 0.433. The van der Waals surface area contributed by atoms with Crippen molar-refractivity contribution in [2.45, 2.75) is 58.9 Å². The van der Waals surface area contributed by atoms with Gasteiger partial charge in [-0.25, -0.2) is 0 Å². The van der Waals surface area contributed by atoms with Crippen molar-refractivity contribution in [3.05, 3.63) is 77.1 Å². The van der Waals surface area contributed by atoms with Crippen molar-refractivity contribution in [1.29, 1.82) is 0 Å². The van der Waals surface area contributed by atoms with Crippen LogP contribution in [-0.4, -0.2) is 36.1 Å². The minimum atomic E-state index is -0.164. The molecule has 2 heterocycles. The fourth-order valence-corrected chi connectivity index (χ4v) is 4.42. The van der Waals surface area contributed by atoms with Crippen molar-refractivity contribution < 1.29 is 9.53 Å². The maximum Gasteiger partial charge on any atom is 0.305 e. The van der Waals surface area contributed by atoms with E-state index in [4.69, 9.17) is 4.74 Å². The predicted molar refractivity (Wildman–Crippen MR) is 132 cm³/mol. The number of nitrogens with zero attached hydrogens (tertiary/aromatic N) is 2. The number of carbonyl (C=O) groups excluding carboxylic acids is 1. The largest absolute Gasteiger partial charge is 0.469 e. The first-order valence-corrected chi connectivity index (χ1v) is 11.9. The lowest BCUT2D eigenvalue weighted by Crippen LogP contribution is -2.29. The summed E-state index contributed by atoms with van der Waals surface area (Å²) in [6.07, 6.45) is 9.82. The number of pyridine rings is 1. The first-order valence-electron chi connectivity index (χ1n) is 11.9. The number of aromatic nitrogens is 1. The molecule has 1 aliphatic heterocycles. The zero-order valence-corrected chi connectivity index (χ0v) is 19.8. The summed E-state index contributed by atoms with van der Waals surface area (Å²) in [5.41, 5.74) is 5.13. The molecule has 0 radical (unpaired) electrons. The van der Waals surface area contributed by atoms with E-state index in [0.717, 1.165) is 13.0 Å². The molecule has 0 N–H and O–H groups in total. The van der Waals surface area contributed by atoms with Gasteiger partial charge in [0.2, 0.25) is 0 Å². The van der Waals surface area contributed by atoms with E-state index in [-0.39, 0.29) is 5.97 Å². The molecule has 0 amide bonds. The van der Waals surface area contributed by atoms with E-state index in [0.29, 0.717) is 12.8 Å². The molecule has 2 aromatic carbocycles. The van der Waals surface area contributed by atoms with Crippen LogP contribution in [-0.2, 0) is 28.9 Å². The zero-order valence-electron chi connectivity index (χ0n) is 19.8. The number of hydrogen-bond donors (Lipinski definition) is 0. The Morgan fingerprint density at radius 1 is 1.00 bits per heavy atom. The topological polar surface area (TPSA) is 42.4 Å². The first-order chi connectivity index (χ1) is 15.7. The number of carbonyl (C=O) groups is 1. The van der Waals surface area contributed by atoms with Gasteiger partial charge in [0.05, 0.1) is 7.11 Å². The third-order valence-corrected chi connectivity index (χ3v) is 5.99. The highest BCUT2D eigenvalue weighted by Crippen LogP contribution is 2.25. The third kappa shape index (κ3) is 6.64. The van der Waals surface area contributed by atoms with E-state index in [1.165, 1.54) is 72.5 Å². The summed E-state index contributed by atoms with van der Waals surface area (Å²) >= 11 is 0. The summed E-state index contributed by atoms with van der Waals surface area (Å²) in [4.78, 5) is 18.4. The van der Waals surface area contributed by atoms with Gasteiger partial charge in [-0.1, -0.05) is 50.6 Å². The van der Waals surface area contributed by atoms with Gasteiger partial charge in [-0.3, -0.25) is 14.7 Å². The van der Waals surface area contributed by atoms with Gasteiger partial charge in [-0.2, -0.15) is 0 Å². The van der Waals surface area contributed by atoms with Gasteiger partial charge < -0.3 is 4.74 Å². The summed E-state index contributed by atoms with van der Waals surface area (Å²) < 4.78 is 4.77. The van der Waals surface area contributed by atoms with Crippen molar-refractivity contribution in [2.75, 3.05) is 20.2 Å². The van der Waals surface area contributed by atoms with Crippen LogP contribution in [0.4, 0.5) is 0 Å². The number of likely N-dealkylation sites (tertiary alicyclic amines) is 1. The molecule has 1 aliphatic rings. The molecule has 0 bridgehead atoms. The molecule has 0 unspecified atom stereocenters. The molecule has 1 aromatic heterocycles. The van der Waals surface area contributed by atoms with Crippen LogP contribution >= 0.6 is 0 Å². The average molecular weight is 433 g/mol. The summed E-state index contributed by atoms with van der Waals surface area (Å²) in [6.45, 7) is 7.42. The molecule has 32 heavy (non-hydrogen) atoms. The van der Waals surface area contributed by atoms with Crippen molar-refractivity contribution in [3.63, 3.8) is 0 Å². The lowest BCUT2D eigenvalue weighted by Gasteiger charge is -2.26. The fourth-order valence-electron chi connectivity index (χ4n) is 4.42. The Morgan fingerprint density at radius 3 is 2.56 bits per heavy atom. The number of benzene rings is 2. The maximum atomic E-state index is 11.5. The second-order valence-corrected chi connectivity index (χ2v) is 8.26. The number of piperidine rings is 1. The Kier molecular flexibility index (Phi) is 9.24. The van der Waals surface area contributed by atoms with Gasteiger partial charge in [0, 0.05) is 30.7 Å². The Balaban J connectivity index is 0.00000141. The number of methoxy groups -OCH3 is 1. The summed E-state index contributed by atoms with van der Waals surface area (Å²) in [5, 5.41) is 2.48. The molecule has 0 aliphatic carbocycles. The normalized spacial score (nSPS) is 14.0. The van der Waals surface area contributed by atoms with E-state index < -0.39 is 0 Å². The van der Waals surface area contributed by atoms with E-state index in [1.807, 2.05) is 26.2 Å². The standard InChI is InChI=1S/C26H30N2O2.C2H6/c1-30-26(29)9-8-20-6-5-7-21(14-20)15-24-17-22(19-28-12-3-2-4-13-28)16-23-10-11-27-18-25(23)24;1-2/h5-7,10-11,14,16-18H,2-4,8-9,12-13,15,19H2,1H3;1-2H3. The Labute approximate surface area is 192 Å². The highest BCUT2D eigenvalue weighted by atomic mass is 16.5. The maximum absolute atomic E-state index is 11.5. The highest BCUT2D eigenvalue weighted by Gasteiger charge is 2.13. The molecule has 4 rings (SSSR count). The Bertz CT molecular complexity index is 1010. The average Bonchev–Trinajstić information content (AvgIpc) is 2.85. The molecule has 170 valence electrons. The Morgan fingerprint density at radius 2 is 1.78 bits per heavy atom. The van der Waals surface area contributed by atoms with Crippen molar-refractivity contribution in [3.8, 4) is 0 Å². The van der Waals surface area contributed by atoms with Crippen molar-refractivity contribution >= 4 is 16.7 Å². The molecule has 0 spiro atoms. The van der Waals surface area contributed by atoms with Crippen LogP contribution in [0.2, 0.25) is 0 Å². The number of hydrogen-bond acceptors (Lipinski definition) is 4. The van der Waals surface area contributed by atoms with Crippen LogP contribution in [0.1, 0.15) is 61.8 Å². The SMILES string of the molecule is CC.COC(=O)CCc1cccc(Cc2cc(CN3CCCCC3)cc3ccncc23)c1. The Hall–Kier alpha value is -2.72. The van der Waals surface area contributed by atoms with Crippen LogP contribution in [0.5, 0.6) is 0 Å². The van der Waals surface area contributed by atoms with Crippen LogP contribution in [0.25, 0.3) is 10.8 Å². The lowest BCUT2D eigenvalue weighted by molar-refractivity contribution is -0.140. The number of rotatable bonds is 7. The first kappa shape index (κ1) is 23.9. The zero-order chi connectivity index (χ0) is 22.8. The molecule has 0 saturated carbocycles. The van der Waals surface area contributed by atoms with Crippen LogP contribution in [0.15, 0.2) is 54.9 Å². The predicted octanol–water partition coefficient (Wildman–Crippen LogP) is 5.94. The monoisotopic (exact) mass is 432 g/mol. The lowest BCUT2D eigenvalue weighted by atomic mass is 9.95. The van der Waals surface area contributed by atoms with Gasteiger partial charge in [0.1, 0.15) is 0 Å². The summed E-state index contributed by atoms with van der Waals surface area (Å²) in [7, 11) is 1.44. The van der Waals surface area contributed by atoms with Crippen LogP contribution < -0.4 is 0 Å². The van der Waals surface area contributed by atoms with E-state index in [9.17, 15) is 4.79 Å². The fraction of sp³-hybridized carbons (Fsp3) is 0.429. The van der Waals surface area contributed by atoms with E-state index in [1.54, 1.807) is 0 Å². The van der Waals surface area contributed by atoms with E-state index in [2.05, 4.69) is 52.3 Å². The van der Waals surface area contributed by atoms with Crippen molar-refractivity contribution in [1.82, 2.24) is 9.88 Å². The van der Waals surface area contributed by atoms with Gasteiger partial charge in [0.15, 0.2) is 0 Å². The molecule has 1 fully saturated rings.